The summed E-state index contributed by atoms with van der Waals surface area (Å²) >= 11 is 0. The van der Waals surface area contributed by atoms with Gasteiger partial charge in [0.1, 0.15) is 11.5 Å². The number of rotatable bonds is 8. The molecule has 0 fully saturated rings. The fourth-order valence-corrected chi connectivity index (χ4v) is 4.24. The molecule has 0 aliphatic rings. The average Bonchev–Trinajstić information content (AvgIpc) is 2.84. The predicted molar refractivity (Wildman–Crippen MR) is 128 cm³/mol. The van der Waals surface area contributed by atoms with Crippen molar-refractivity contribution in [2.45, 2.75) is 18.4 Å². The molecule has 0 amide bonds. The predicted octanol–water partition coefficient (Wildman–Crippen LogP) is 5.50. The molecule has 0 heterocycles. The molecule has 0 radical (unpaired) electrons. The summed E-state index contributed by atoms with van der Waals surface area (Å²) in [5.74, 6) is 0.988. The summed E-state index contributed by atoms with van der Waals surface area (Å²) in [6.07, 6.45) is 0. The van der Waals surface area contributed by atoms with Crippen LogP contribution in [0.1, 0.15) is 27.0 Å². The van der Waals surface area contributed by atoms with E-state index in [4.69, 9.17) is 4.74 Å². The molecule has 1 N–H and O–H groups in total. The third-order valence-electron chi connectivity index (χ3n) is 5.11. The van der Waals surface area contributed by atoms with E-state index in [2.05, 4.69) is 4.72 Å². The lowest BCUT2D eigenvalue weighted by molar-refractivity contribution is 0.103. The minimum Gasteiger partial charge on any atom is -0.457 e. The summed E-state index contributed by atoms with van der Waals surface area (Å²) in [5.41, 5.74) is 3.18. The molecule has 0 aliphatic heterocycles. The first kappa shape index (κ1) is 22.5. The van der Waals surface area contributed by atoms with E-state index in [1.807, 2.05) is 61.5 Å². The van der Waals surface area contributed by atoms with Gasteiger partial charge >= 0.3 is 0 Å². The molecule has 4 rings (SSSR count). The zero-order valence-corrected chi connectivity index (χ0v) is 18.9. The Hall–Kier alpha value is -3.74. The molecule has 0 unspecified atom stereocenters. The fraction of sp³-hybridized carbons (Fsp3) is 0.0741. The van der Waals surface area contributed by atoms with E-state index in [-0.39, 0.29) is 17.2 Å². The molecule has 33 heavy (non-hydrogen) atoms. The van der Waals surface area contributed by atoms with Crippen LogP contribution in [0.4, 0.5) is 0 Å². The molecule has 6 heteroatoms. The van der Waals surface area contributed by atoms with Crippen LogP contribution >= 0.6 is 0 Å². The van der Waals surface area contributed by atoms with Gasteiger partial charge in [-0.1, -0.05) is 60.2 Å². The van der Waals surface area contributed by atoms with Crippen molar-refractivity contribution in [3.05, 3.63) is 125 Å². The van der Waals surface area contributed by atoms with Gasteiger partial charge < -0.3 is 4.74 Å². The van der Waals surface area contributed by atoms with Crippen LogP contribution in [0.2, 0.25) is 0 Å². The molecule has 4 aromatic rings. The third kappa shape index (κ3) is 5.74. The van der Waals surface area contributed by atoms with Crippen LogP contribution in [0, 0.1) is 6.92 Å². The van der Waals surface area contributed by atoms with Crippen LogP contribution in [0.25, 0.3) is 0 Å². The van der Waals surface area contributed by atoms with Crippen LogP contribution in [0.5, 0.6) is 11.5 Å². The van der Waals surface area contributed by atoms with Crippen molar-refractivity contribution in [3.63, 3.8) is 0 Å². The Morgan fingerprint density at radius 3 is 1.82 bits per heavy atom. The first-order chi connectivity index (χ1) is 15.9. The Kier molecular flexibility index (Phi) is 6.68. The van der Waals surface area contributed by atoms with Crippen molar-refractivity contribution < 1.29 is 17.9 Å². The van der Waals surface area contributed by atoms with Gasteiger partial charge in [0, 0.05) is 17.7 Å². The van der Waals surface area contributed by atoms with Crippen molar-refractivity contribution in [2.75, 3.05) is 0 Å². The molecule has 166 valence electrons. The van der Waals surface area contributed by atoms with Crippen LogP contribution in [-0.4, -0.2) is 14.2 Å². The Morgan fingerprint density at radius 1 is 0.727 bits per heavy atom. The highest BCUT2D eigenvalue weighted by Crippen LogP contribution is 2.24. The van der Waals surface area contributed by atoms with Gasteiger partial charge in [0.2, 0.25) is 10.0 Å². The average molecular weight is 458 g/mol. The van der Waals surface area contributed by atoms with Crippen molar-refractivity contribution in [2.24, 2.45) is 0 Å². The molecule has 0 aliphatic carbocycles. The van der Waals surface area contributed by atoms with E-state index in [0.29, 0.717) is 22.6 Å². The van der Waals surface area contributed by atoms with Gasteiger partial charge in [-0.05, 0) is 61.0 Å². The zero-order chi connectivity index (χ0) is 23.3. The van der Waals surface area contributed by atoms with Gasteiger partial charge in [0.05, 0.1) is 4.90 Å². The van der Waals surface area contributed by atoms with E-state index >= 15 is 0 Å². The van der Waals surface area contributed by atoms with Gasteiger partial charge in [-0.2, -0.15) is 0 Å². The minimum atomic E-state index is -3.64. The van der Waals surface area contributed by atoms with Crippen LogP contribution in [0.3, 0.4) is 0 Å². The van der Waals surface area contributed by atoms with Crippen molar-refractivity contribution in [3.8, 4) is 11.5 Å². The van der Waals surface area contributed by atoms with Gasteiger partial charge in [0.25, 0.3) is 0 Å². The number of carbonyl (C=O) groups excluding carboxylic acids is 1. The maximum absolute atomic E-state index is 12.6. The highest BCUT2D eigenvalue weighted by molar-refractivity contribution is 7.89. The smallest absolute Gasteiger partial charge is 0.240 e. The summed E-state index contributed by atoms with van der Waals surface area (Å²) in [5, 5.41) is 0. The Bertz CT molecular complexity index is 1330. The number of sulfonamides is 1. The maximum atomic E-state index is 12.6. The molecular weight excluding hydrogens is 434 g/mol. The SMILES string of the molecule is Cc1ccc(C(=O)c2ccc(Oc3ccc(S(=O)(=O)NCc4ccccc4)cc3)cc2)cc1. The van der Waals surface area contributed by atoms with E-state index in [1.54, 1.807) is 36.4 Å². The number of nitrogens with one attached hydrogen (secondary N) is 1. The van der Waals surface area contributed by atoms with Crippen LogP contribution in [0.15, 0.2) is 108 Å². The molecule has 0 saturated heterocycles. The monoisotopic (exact) mass is 457 g/mol. The summed E-state index contributed by atoms with van der Waals surface area (Å²) in [4.78, 5) is 12.8. The zero-order valence-electron chi connectivity index (χ0n) is 18.1. The van der Waals surface area contributed by atoms with Crippen molar-refractivity contribution in [1.29, 1.82) is 0 Å². The number of benzene rings is 4. The second-order valence-corrected chi connectivity index (χ2v) is 9.37. The Balaban J connectivity index is 1.39. The van der Waals surface area contributed by atoms with Gasteiger partial charge in [-0.25, -0.2) is 13.1 Å². The maximum Gasteiger partial charge on any atom is 0.240 e. The molecule has 0 aromatic heterocycles. The van der Waals surface area contributed by atoms with E-state index in [0.717, 1.165) is 11.1 Å². The van der Waals surface area contributed by atoms with Crippen molar-refractivity contribution in [1.82, 2.24) is 4.72 Å². The number of aryl methyl sites for hydroxylation is 1. The van der Waals surface area contributed by atoms with Crippen LogP contribution < -0.4 is 9.46 Å². The number of carbonyl (C=O) groups is 1. The quantitative estimate of drug-likeness (QED) is 0.355. The standard InChI is InChI=1S/C27H23NO4S/c1-20-7-9-22(10-8-20)27(29)23-11-13-24(14-12-23)32-25-15-17-26(18-16-25)33(30,31)28-19-21-5-3-2-4-6-21/h2-18,28H,19H2,1H3. The normalized spacial score (nSPS) is 11.2. The minimum absolute atomic E-state index is 0.0564. The lowest BCUT2D eigenvalue weighted by Crippen LogP contribution is -2.23. The lowest BCUT2D eigenvalue weighted by Gasteiger charge is -2.09. The Morgan fingerprint density at radius 2 is 1.24 bits per heavy atom. The lowest BCUT2D eigenvalue weighted by atomic mass is 10.0. The first-order valence-corrected chi connectivity index (χ1v) is 11.9. The first-order valence-electron chi connectivity index (χ1n) is 10.4. The summed E-state index contributed by atoms with van der Waals surface area (Å²) in [7, 11) is -3.64. The second kappa shape index (κ2) is 9.81. The number of hydrogen-bond acceptors (Lipinski definition) is 4. The number of ketones is 1. The summed E-state index contributed by atoms with van der Waals surface area (Å²) < 4.78 is 33.5. The number of hydrogen-bond donors (Lipinski definition) is 1. The fourth-order valence-electron chi connectivity index (χ4n) is 3.23. The van der Waals surface area contributed by atoms with Crippen LogP contribution in [-0.2, 0) is 16.6 Å². The topological polar surface area (TPSA) is 72.5 Å². The highest BCUT2D eigenvalue weighted by atomic mass is 32.2. The third-order valence-corrected chi connectivity index (χ3v) is 6.53. The highest BCUT2D eigenvalue weighted by Gasteiger charge is 2.14. The molecular formula is C27H23NO4S. The van der Waals surface area contributed by atoms with Gasteiger partial charge in [-0.15, -0.1) is 0 Å². The molecule has 0 spiro atoms. The van der Waals surface area contributed by atoms with Gasteiger partial charge in [0.15, 0.2) is 5.78 Å². The number of ether oxygens (including phenoxy) is 1. The van der Waals surface area contributed by atoms with Crippen molar-refractivity contribution >= 4 is 15.8 Å². The molecule has 0 atom stereocenters. The molecule has 5 nitrogen and oxygen atoms in total. The summed E-state index contributed by atoms with van der Waals surface area (Å²) in [6, 6.07) is 29.8. The molecule has 0 saturated carbocycles. The largest absolute Gasteiger partial charge is 0.457 e. The van der Waals surface area contributed by atoms with E-state index < -0.39 is 10.0 Å². The molecule has 0 bridgehead atoms. The van der Waals surface area contributed by atoms with E-state index in [9.17, 15) is 13.2 Å². The second-order valence-electron chi connectivity index (χ2n) is 7.60. The summed E-state index contributed by atoms with van der Waals surface area (Å²) in [6.45, 7) is 2.19. The Labute approximate surface area is 193 Å². The molecule has 4 aromatic carbocycles. The van der Waals surface area contributed by atoms with Gasteiger partial charge in [-0.3, -0.25) is 4.79 Å². The van der Waals surface area contributed by atoms with E-state index in [1.165, 1.54) is 12.1 Å².